The van der Waals surface area contributed by atoms with Crippen LogP contribution in [0.4, 0.5) is 4.79 Å². The quantitative estimate of drug-likeness (QED) is 0.476. The van der Waals surface area contributed by atoms with Crippen molar-refractivity contribution in [3.8, 4) is 11.8 Å². The van der Waals surface area contributed by atoms with Gasteiger partial charge in [0, 0.05) is 18.0 Å². The Morgan fingerprint density at radius 3 is 2.70 bits per heavy atom. The second-order valence-corrected chi connectivity index (χ2v) is 10.6. The van der Waals surface area contributed by atoms with Gasteiger partial charge >= 0.3 is 6.03 Å². The van der Waals surface area contributed by atoms with Crippen molar-refractivity contribution in [3.63, 3.8) is 0 Å². The van der Waals surface area contributed by atoms with Crippen LogP contribution in [0.2, 0.25) is 0 Å². The Bertz CT molecular complexity index is 1050. The molecule has 1 aromatic rings. The van der Waals surface area contributed by atoms with Crippen molar-refractivity contribution in [2.24, 2.45) is 5.92 Å². The number of aryl methyl sites for hydroxylation is 1. The Balaban J connectivity index is 1.65. The number of nitriles is 1. The lowest BCUT2D eigenvalue weighted by atomic mass is 9.49. The molecule has 2 aliphatic heterocycles. The zero-order chi connectivity index (χ0) is 23.6. The Morgan fingerprint density at radius 1 is 1.24 bits per heavy atom. The van der Waals surface area contributed by atoms with E-state index in [1.165, 1.54) is 17.7 Å². The van der Waals surface area contributed by atoms with Gasteiger partial charge in [0.25, 0.3) is 5.91 Å². The monoisotopic (exact) mass is 452 g/mol. The number of hydrogen-bond acceptors (Lipinski definition) is 6. The van der Waals surface area contributed by atoms with Crippen molar-refractivity contribution in [1.82, 2.24) is 15.1 Å². The van der Waals surface area contributed by atoms with Crippen LogP contribution < -0.4 is 5.32 Å². The van der Waals surface area contributed by atoms with Crippen LogP contribution in [0.3, 0.4) is 0 Å². The number of piperidine rings is 1. The van der Waals surface area contributed by atoms with E-state index in [1.807, 2.05) is 19.1 Å². The minimum Gasteiger partial charge on any atom is -0.508 e. The fourth-order valence-electron chi connectivity index (χ4n) is 6.91. The average molecular weight is 453 g/mol. The normalized spacial score (nSPS) is 36.5. The van der Waals surface area contributed by atoms with Gasteiger partial charge in [-0.15, -0.1) is 0 Å². The van der Waals surface area contributed by atoms with Crippen molar-refractivity contribution in [2.45, 2.75) is 75.0 Å². The third kappa shape index (κ3) is 3.09. The second kappa shape index (κ2) is 7.44. The summed E-state index contributed by atoms with van der Waals surface area (Å²) in [5, 5.41) is 34.7. The maximum atomic E-state index is 13.2. The van der Waals surface area contributed by atoms with Crippen molar-refractivity contribution < 1.29 is 19.8 Å². The van der Waals surface area contributed by atoms with E-state index in [9.17, 15) is 25.1 Å². The molecule has 2 saturated carbocycles. The molecule has 0 radical (unpaired) electrons. The summed E-state index contributed by atoms with van der Waals surface area (Å²) in [4.78, 5) is 29.6. The number of benzene rings is 1. The summed E-state index contributed by atoms with van der Waals surface area (Å²) in [7, 11) is 0. The first-order chi connectivity index (χ1) is 15.7. The van der Waals surface area contributed by atoms with Gasteiger partial charge < -0.3 is 10.2 Å². The molecule has 5 rings (SSSR count). The molecular weight excluding hydrogens is 420 g/mol. The fraction of sp³-hybridized carbons (Fsp3) is 0.640. The van der Waals surface area contributed by atoms with Crippen LogP contribution in [-0.2, 0) is 10.2 Å². The molecule has 2 aliphatic carbocycles. The van der Waals surface area contributed by atoms with Gasteiger partial charge in [-0.1, -0.05) is 6.07 Å². The minimum atomic E-state index is -1.19. The third-order valence-electron chi connectivity index (χ3n) is 8.97. The van der Waals surface area contributed by atoms with Crippen molar-refractivity contribution in [3.05, 3.63) is 29.3 Å². The zero-order valence-corrected chi connectivity index (χ0v) is 19.3. The van der Waals surface area contributed by atoms with Gasteiger partial charge in [-0.3, -0.25) is 19.9 Å². The molecule has 0 bridgehead atoms. The van der Waals surface area contributed by atoms with Crippen LogP contribution in [0.25, 0.3) is 0 Å². The molecule has 3 amide bonds. The number of fused-ring (bicyclic) bond motifs is 1. The molecule has 33 heavy (non-hydrogen) atoms. The molecule has 8 heteroatoms. The first-order valence-electron chi connectivity index (χ1n) is 11.9. The Morgan fingerprint density at radius 2 is 2.00 bits per heavy atom. The van der Waals surface area contributed by atoms with Crippen molar-refractivity contribution >= 4 is 11.9 Å². The van der Waals surface area contributed by atoms with Crippen LogP contribution in [-0.4, -0.2) is 68.8 Å². The van der Waals surface area contributed by atoms with E-state index in [-0.39, 0.29) is 24.8 Å². The summed E-state index contributed by atoms with van der Waals surface area (Å²) in [5.41, 5.74) is -1.42. The fourth-order valence-corrected chi connectivity index (χ4v) is 6.91. The Hall–Kier alpha value is -2.63. The van der Waals surface area contributed by atoms with Crippen LogP contribution in [0.15, 0.2) is 18.2 Å². The summed E-state index contributed by atoms with van der Waals surface area (Å²) in [6.07, 6.45) is 3.91. The largest absolute Gasteiger partial charge is 0.508 e. The van der Waals surface area contributed by atoms with Gasteiger partial charge in [0.15, 0.2) is 0 Å². The second-order valence-electron chi connectivity index (χ2n) is 10.6. The van der Waals surface area contributed by atoms with E-state index < -0.39 is 28.5 Å². The number of hydrogen-bond donors (Lipinski definition) is 3. The van der Waals surface area contributed by atoms with Gasteiger partial charge in [0.05, 0.1) is 11.7 Å². The molecule has 2 saturated heterocycles. The first-order valence-corrected chi connectivity index (χ1v) is 11.9. The van der Waals surface area contributed by atoms with Crippen LogP contribution in [0, 0.1) is 24.2 Å². The number of rotatable bonds is 4. The molecule has 8 nitrogen and oxygen atoms in total. The highest BCUT2D eigenvalue weighted by Gasteiger charge is 2.68. The molecular formula is C25H32N4O4. The van der Waals surface area contributed by atoms with Crippen LogP contribution in [0.5, 0.6) is 5.75 Å². The van der Waals surface area contributed by atoms with Crippen LogP contribution in [0.1, 0.15) is 56.6 Å². The number of nitrogens with zero attached hydrogens (tertiary/aromatic N) is 3. The number of phenolic OH excluding ortho intramolecular Hbond substituents is 1. The molecule has 2 heterocycles. The summed E-state index contributed by atoms with van der Waals surface area (Å²) in [5.74, 6) is 0.404. The molecule has 2 unspecified atom stereocenters. The number of carbonyl (C=O) groups is 2. The predicted molar refractivity (Wildman–Crippen MR) is 120 cm³/mol. The van der Waals surface area contributed by atoms with Crippen LogP contribution >= 0.6 is 0 Å². The van der Waals surface area contributed by atoms with Gasteiger partial charge in [-0.05, 0) is 88.1 Å². The van der Waals surface area contributed by atoms with E-state index in [4.69, 9.17) is 0 Å². The summed E-state index contributed by atoms with van der Waals surface area (Å²) >= 11 is 0. The van der Waals surface area contributed by atoms with E-state index >= 15 is 0 Å². The maximum absolute atomic E-state index is 13.2. The number of aromatic hydroxyl groups is 1. The van der Waals surface area contributed by atoms with Gasteiger partial charge in [-0.25, -0.2) is 4.79 Å². The van der Waals surface area contributed by atoms with Crippen molar-refractivity contribution in [1.29, 1.82) is 5.26 Å². The number of phenols is 1. The number of carbonyl (C=O) groups excluding carboxylic acids is 2. The summed E-state index contributed by atoms with van der Waals surface area (Å²) in [6, 6.07) is 6.53. The van der Waals surface area contributed by atoms with Gasteiger partial charge in [0.1, 0.15) is 17.8 Å². The smallest absolute Gasteiger partial charge is 0.325 e. The first kappa shape index (κ1) is 22.2. The lowest BCUT2D eigenvalue weighted by Crippen LogP contribution is -2.74. The molecule has 4 fully saturated rings. The summed E-state index contributed by atoms with van der Waals surface area (Å²) in [6.45, 7) is 5.56. The standard InChI is InChI=1S/C25H32N4O4/c1-16-3-6-19(30)13-20(16)23-9-11-28(14-18-4-5-18)17(2)25(23,33)8-7-24(15-23)21(31)27-22(32)29(24)12-10-26/h3,6,13,17-18,30,33H,4-5,7-9,11-12,14-15H2,1-2H3,(H,27,31,32)/t17?,23?,24-,25+/m0/s1. The highest BCUT2D eigenvalue weighted by Crippen LogP contribution is 2.59. The highest BCUT2D eigenvalue weighted by molar-refractivity contribution is 6.07. The number of imide groups is 1. The Labute approximate surface area is 194 Å². The Kier molecular flexibility index (Phi) is 5.00. The highest BCUT2D eigenvalue weighted by atomic mass is 16.3. The van der Waals surface area contributed by atoms with Gasteiger partial charge in [-0.2, -0.15) is 5.26 Å². The predicted octanol–water partition coefficient (Wildman–Crippen LogP) is 2.17. The minimum absolute atomic E-state index is 0.112. The van der Waals surface area contributed by atoms with Crippen molar-refractivity contribution in [2.75, 3.05) is 19.6 Å². The molecule has 1 spiro atoms. The molecule has 0 aromatic heterocycles. The molecule has 4 aliphatic rings. The van der Waals surface area contributed by atoms with E-state index in [0.717, 1.165) is 24.2 Å². The summed E-state index contributed by atoms with van der Waals surface area (Å²) < 4.78 is 0. The zero-order valence-electron chi connectivity index (χ0n) is 19.3. The third-order valence-corrected chi connectivity index (χ3v) is 8.97. The molecule has 3 N–H and O–H groups in total. The molecule has 4 atom stereocenters. The number of amides is 3. The number of nitrogens with one attached hydrogen (secondary N) is 1. The lowest BCUT2D eigenvalue weighted by Gasteiger charge is -2.63. The maximum Gasteiger partial charge on any atom is 0.325 e. The molecule has 1 aromatic carbocycles. The van der Waals surface area contributed by atoms with E-state index in [2.05, 4.69) is 17.1 Å². The SMILES string of the molecule is Cc1ccc(O)cc1C12CCN(CC3CC3)C(C)[C@]1(O)CC[C@]1(C2)C(=O)NC(=O)N1CC#N. The molecule has 176 valence electrons. The van der Waals surface area contributed by atoms with E-state index in [1.54, 1.807) is 12.1 Å². The van der Waals surface area contributed by atoms with Gasteiger partial charge in [0.2, 0.25) is 0 Å². The number of urea groups is 1. The average Bonchev–Trinajstić information content (AvgIpc) is 3.57. The van der Waals surface area contributed by atoms with E-state index in [0.29, 0.717) is 25.2 Å². The number of likely N-dealkylation sites (tertiary alicyclic amines) is 1. The lowest BCUT2D eigenvalue weighted by molar-refractivity contribution is -0.178. The number of aliphatic hydroxyl groups is 1. The topological polar surface area (TPSA) is 117 Å².